The molecular weight excluding hydrogens is 218 g/mol. The Morgan fingerprint density at radius 1 is 1.35 bits per heavy atom. The lowest BCUT2D eigenvalue weighted by Gasteiger charge is -2.34. The highest BCUT2D eigenvalue weighted by Gasteiger charge is 2.30. The molecule has 2 aliphatic carbocycles. The highest BCUT2D eigenvalue weighted by atomic mass is 16.5. The average Bonchev–Trinajstić information content (AvgIpc) is 2.36. The van der Waals surface area contributed by atoms with E-state index in [0.717, 1.165) is 23.3 Å². The van der Waals surface area contributed by atoms with Crippen LogP contribution in [0.5, 0.6) is 0 Å². The van der Waals surface area contributed by atoms with Crippen molar-refractivity contribution < 1.29 is 14.6 Å². The van der Waals surface area contributed by atoms with Crippen LogP contribution in [0.25, 0.3) is 0 Å². The van der Waals surface area contributed by atoms with Crippen LogP contribution in [-0.2, 0) is 4.74 Å². The standard InChI is InChI=1S/C13H13NO3/c1-17-12-5-10-7-14(13(15)16)6-9-3-2-8(12)4-11(9)10/h2-3,5H,4,6-7H2,1H3,(H,15,16). The number of nitrogens with zero attached hydrogens (tertiary/aromatic N) is 1. The zero-order chi connectivity index (χ0) is 12.0. The van der Waals surface area contributed by atoms with Gasteiger partial charge in [-0.05, 0) is 28.4 Å². The summed E-state index contributed by atoms with van der Waals surface area (Å²) in [6, 6.07) is 0. The monoisotopic (exact) mass is 231 g/mol. The van der Waals surface area contributed by atoms with E-state index in [0.29, 0.717) is 13.1 Å². The first-order chi connectivity index (χ1) is 8.19. The number of amides is 1. The Balaban J connectivity index is 2.06. The summed E-state index contributed by atoms with van der Waals surface area (Å²) in [4.78, 5) is 12.5. The summed E-state index contributed by atoms with van der Waals surface area (Å²) < 4.78 is 5.33. The van der Waals surface area contributed by atoms with Gasteiger partial charge in [-0.25, -0.2) is 4.79 Å². The van der Waals surface area contributed by atoms with Gasteiger partial charge in [-0.2, -0.15) is 0 Å². The second-order valence-electron chi connectivity index (χ2n) is 4.42. The molecule has 0 saturated heterocycles. The first-order valence-electron chi connectivity index (χ1n) is 5.55. The number of hydrogen-bond acceptors (Lipinski definition) is 2. The minimum Gasteiger partial charge on any atom is -0.496 e. The zero-order valence-corrected chi connectivity index (χ0v) is 9.56. The fraction of sp³-hybridized carbons (Fsp3) is 0.308. The van der Waals surface area contributed by atoms with Crippen molar-refractivity contribution in [3.63, 3.8) is 0 Å². The Kier molecular flexibility index (Phi) is 2.11. The van der Waals surface area contributed by atoms with Crippen LogP contribution < -0.4 is 0 Å². The number of carboxylic acid groups (broad SMARTS) is 1. The molecule has 0 fully saturated rings. The quantitative estimate of drug-likeness (QED) is 0.751. The van der Waals surface area contributed by atoms with E-state index in [9.17, 15) is 4.79 Å². The molecule has 4 nitrogen and oxygen atoms in total. The fourth-order valence-electron chi connectivity index (χ4n) is 2.57. The number of allylic oxidation sites excluding steroid dienone is 3. The predicted octanol–water partition coefficient (Wildman–Crippen LogP) is 2.08. The van der Waals surface area contributed by atoms with Gasteiger partial charge < -0.3 is 9.84 Å². The lowest BCUT2D eigenvalue weighted by atomic mass is 9.81. The van der Waals surface area contributed by atoms with Gasteiger partial charge in [0.15, 0.2) is 0 Å². The summed E-state index contributed by atoms with van der Waals surface area (Å²) in [5.41, 5.74) is 4.64. The molecule has 0 aromatic heterocycles. The minimum atomic E-state index is -0.870. The molecular formula is C13H13NO3. The highest BCUT2D eigenvalue weighted by Crippen LogP contribution is 2.38. The maximum absolute atomic E-state index is 11.1. The van der Waals surface area contributed by atoms with E-state index in [2.05, 4.69) is 0 Å². The summed E-state index contributed by atoms with van der Waals surface area (Å²) in [7, 11) is 1.65. The van der Waals surface area contributed by atoms with Crippen molar-refractivity contribution in [1.82, 2.24) is 4.90 Å². The van der Waals surface area contributed by atoms with Crippen molar-refractivity contribution in [2.75, 3.05) is 20.2 Å². The molecule has 1 N–H and O–H groups in total. The molecule has 0 spiro atoms. The van der Waals surface area contributed by atoms with Gasteiger partial charge in [-0.1, -0.05) is 12.2 Å². The third-order valence-electron chi connectivity index (χ3n) is 3.46. The smallest absolute Gasteiger partial charge is 0.407 e. The first-order valence-corrected chi connectivity index (χ1v) is 5.55. The van der Waals surface area contributed by atoms with Gasteiger partial charge in [0, 0.05) is 19.5 Å². The van der Waals surface area contributed by atoms with Gasteiger partial charge in [-0.15, -0.1) is 0 Å². The third-order valence-corrected chi connectivity index (χ3v) is 3.46. The van der Waals surface area contributed by atoms with Crippen LogP contribution in [0.15, 0.2) is 46.3 Å². The van der Waals surface area contributed by atoms with Gasteiger partial charge in [-0.3, -0.25) is 4.90 Å². The molecule has 88 valence electrons. The van der Waals surface area contributed by atoms with Crippen LogP contribution in [0.3, 0.4) is 0 Å². The van der Waals surface area contributed by atoms with Crippen molar-refractivity contribution in [1.29, 1.82) is 0 Å². The van der Waals surface area contributed by atoms with Crippen LogP contribution in [0.2, 0.25) is 0 Å². The Hall–Kier alpha value is -1.97. The Labute approximate surface area is 99.2 Å². The van der Waals surface area contributed by atoms with Gasteiger partial charge >= 0.3 is 6.09 Å². The normalized spacial score (nSPS) is 21.7. The van der Waals surface area contributed by atoms with Crippen LogP contribution in [0.1, 0.15) is 6.42 Å². The van der Waals surface area contributed by atoms with Crippen molar-refractivity contribution >= 4 is 6.09 Å². The summed E-state index contributed by atoms with van der Waals surface area (Å²) in [5, 5.41) is 9.09. The highest BCUT2D eigenvalue weighted by molar-refractivity contribution is 5.69. The van der Waals surface area contributed by atoms with E-state index in [1.165, 1.54) is 16.0 Å². The SMILES string of the molecule is COC1=C2C=CC3=C(C2)C(=C1)CN(C(=O)O)C3. The first kappa shape index (κ1) is 10.2. The molecule has 17 heavy (non-hydrogen) atoms. The molecule has 0 radical (unpaired) electrons. The van der Waals surface area contributed by atoms with E-state index in [1.54, 1.807) is 7.11 Å². The Morgan fingerprint density at radius 2 is 2.12 bits per heavy atom. The number of rotatable bonds is 1. The van der Waals surface area contributed by atoms with E-state index in [4.69, 9.17) is 9.84 Å². The molecule has 3 rings (SSSR count). The lowest BCUT2D eigenvalue weighted by molar-refractivity contribution is 0.152. The fourth-order valence-corrected chi connectivity index (χ4v) is 2.57. The van der Waals surface area contributed by atoms with Crippen molar-refractivity contribution in [3.05, 3.63) is 46.3 Å². The van der Waals surface area contributed by atoms with Gasteiger partial charge in [0.2, 0.25) is 0 Å². The van der Waals surface area contributed by atoms with Gasteiger partial charge in [0.1, 0.15) is 5.76 Å². The molecule has 3 aliphatic rings. The molecule has 1 amide bonds. The van der Waals surface area contributed by atoms with Crippen LogP contribution in [-0.4, -0.2) is 36.3 Å². The summed E-state index contributed by atoms with van der Waals surface area (Å²) in [6.07, 6.45) is 6.00. The third kappa shape index (κ3) is 1.48. The number of hydrogen-bond donors (Lipinski definition) is 1. The van der Waals surface area contributed by atoms with Crippen molar-refractivity contribution in [2.24, 2.45) is 0 Å². The molecule has 0 aromatic carbocycles. The largest absolute Gasteiger partial charge is 0.496 e. The van der Waals surface area contributed by atoms with E-state index in [-0.39, 0.29) is 0 Å². The van der Waals surface area contributed by atoms with Gasteiger partial charge in [0.05, 0.1) is 7.11 Å². The Morgan fingerprint density at radius 3 is 2.82 bits per heavy atom. The van der Waals surface area contributed by atoms with E-state index in [1.807, 2.05) is 18.2 Å². The summed E-state index contributed by atoms with van der Waals surface area (Å²) >= 11 is 0. The van der Waals surface area contributed by atoms with Gasteiger partial charge in [0.25, 0.3) is 0 Å². The van der Waals surface area contributed by atoms with Crippen molar-refractivity contribution in [3.8, 4) is 0 Å². The van der Waals surface area contributed by atoms with Crippen LogP contribution >= 0.6 is 0 Å². The summed E-state index contributed by atoms with van der Waals surface area (Å²) in [6.45, 7) is 0.955. The Bertz CT molecular complexity index is 523. The maximum atomic E-state index is 11.1. The van der Waals surface area contributed by atoms with Crippen LogP contribution in [0, 0.1) is 0 Å². The predicted molar refractivity (Wildman–Crippen MR) is 62.5 cm³/mol. The topological polar surface area (TPSA) is 49.8 Å². The zero-order valence-electron chi connectivity index (χ0n) is 9.56. The molecule has 0 unspecified atom stereocenters. The van der Waals surface area contributed by atoms with Crippen LogP contribution in [0.4, 0.5) is 4.79 Å². The molecule has 4 heteroatoms. The van der Waals surface area contributed by atoms with Crippen molar-refractivity contribution in [2.45, 2.75) is 6.42 Å². The number of fused-ring (bicyclic) bond motifs is 1. The average molecular weight is 231 g/mol. The summed E-state index contributed by atoms with van der Waals surface area (Å²) in [5.74, 6) is 0.853. The minimum absolute atomic E-state index is 0.460. The second-order valence-corrected chi connectivity index (χ2v) is 4.42. The maximum Gasteiger partial charge on any atom is 0.407 e. The molecule has 1 aliphatic heterocycles. The molecule has 0 atom stereocenters. The van der Waals surface area contributed by atoms with E-state index < -0.39 is 6.09 Å². The number of ether oxygens (including phenoxy) is 1. The molecule has 0 aromatic rings. The number of methoxy groups -OCH3 is 1. The second kappa shape index (κ2) is 3.52. The number of carbonyl (C=O) groups is 1. The molecule has 1 heterocycles. The molecule has 2 bridgehead atoms. The lowest BCUT2D eigenvalue weighted by Crippen LogP contribution is -2.38. The van der Waals surface area contributed by atoms with E-state index >= 15 is 0 Å². The molecule has 0 saturated carbocycles.